The number of rotatable bonds is 5. The second-order valence-corrected chi connectivity index (χ2v) is 8.29. The highest BCUT2D eigenvalue weighted by Crippen LogP contribution is 2.49. The van der Waals surface area contributed by atoms with Crippen LogP contribution in [0, 0.1) is 12.7 Å². The molecule has 0 unspecified atom stereocenters. The standard InChI is InChI=1S/C23H26FN3O2/c1-15-12-16(24)6-7-21(15)29-11-3-9-26-10-8-20-18(13-26)17-4-2-5-19-23(17)27(20)14-22(28)25-19/h2,4-7,12,18,20H,3,8-11,13-14H2,1H3,(H,25,28)/t18-,20-/m0/s1. The number of carbonyl (C=O) groups excluding carboxylic acids is 1. The van der Waals surface area contributed by atoms with Gasteiger partial charge in [-0.1, -0.05) is 12.1 Å². The van der Waals surface area contributed by atoms with Crippen molar-refractivity contribution in [1.82, 2.24) is 4.90 Å². The molecule has 152 valence electrons. The minimum Gasteiger partial charge on any atom is -0.493 e. The van der Waals surface area contributed by atoms with Crippen LogP contribution in [0.1, 0.15) is 29.9 Å². The van der Waals surface area contributed by atoms with E-state index in [4.69, 9.17) is 4.74 Å². The molecule has 0 radical (unpaired) electrons. The first-order valence-corrected chi connectivity index (χ1v) is 10.4. The van der Waals surface area contributed by atoms with Crippen molar-refractivity contribution in [3.63, 3.8) is 0 Å². The zero-order valence-electron chi connectivity index (χ0n) is 16.7. The third-order valence-electron chi connectivity index (χ3n) is 6.42. The summed E-state index contributed by atoms with van der Waals surface area (Å²) in [7, 11) is 0. The first-order chi connectivity index (χ1) is 14.1. The normalized spacial score (nSPS) is 22.8. The highest BCUT2D eigenvalue weighted by atomic mass is 19.1. The number of benzene rings is 2. The molecular weight excluding hydrogens is 369 g/mol. The maximum atomic E-state index is 13.2. The number of piperidine rings is 1. The van der Waals surface area contributed by atoms with E-state index >= 15 is 0 Å². The van der Waals surface area contributed by atoms with E-state index in [-0.39, 0.29) is 11.7 Å². The van der Waals surface area contributed by atoms with Gasteiger partial charge in [0.05, 0.1) is 24.5 Å². The molecule has 2 atom stereocenters. The van der Waals surface area contributed by atoms with Crippen molar-refractivity contribution >= 4 is 17.3 Å². The number of nitrogens with one attached hydrogen (secondary N) is 1. The first kappa shape index (κ1) is 18.4. The molecular formula is C23H26FN3O2. The minimum absolute atomic E-state index is 0.0889. The predicted molar refractivity (Wildman–Crippen MR) is 111 cm³/mol. The molecule has 3 aliphatic heterocycles. The van der Waals surface area contributed by atoms with Crippen LogP contribution in [0.3, 0.4) is 0 Å². The van der Waals surface area contributed by atoms with Gasteiger partial charge >= 0.3 is 0 Å². The first-order valence-electron chi connectivity index (χ1n) is 10.4. The van der Waals surface area contributed by atoms with Crippen LogP contribution in [0.4, 0.5) is 15.8 Å². The molecule has 1 saturated heterocycles. The van der Waals surface area contributed by atoms with E-state index in [1.165, 1.54) is 23.4 Å². The van der Waals surface area contributed by atoms with E-state index in [1.54, 1.807) is 6.07 Å². The second kappa shape index (κ2) is 7.34. The summed E-state index contributed by atoms with van der Waals surface area (Å²) in [5, 5.41) is 3.02. The van der Waals surface area contributed by atoms with Crippen LogP contribution in [0.25, 0.3) is 0 Å². The predicted octanol–water partition coefficient (Wildman–Crippen LogP) is 3.53. The molecule has 0 aromatic heterocycles. The Morgan fingerprint density at radius 2 is 2.17 bits per heavy atom. The minimum atomic E-state index is -0.229. The molecule has 2 aromatic carbocycles. The van der Waals surface area contributed by atoms with Gasteiger partial charge in [-0.15, -0.1) is 0 Å². The van der Waals surface area contributed by atoms with Crippen molar-refractivity contribution in [1.29, 1.82) is 0 Å². The lowest BCUT2D eigenvalue weighted by Crippen LogP contribution is -2.49. The van der Waals surface area contributed by atoms with Gasteiger partial charge in [0.1, 0.15) is 11.6 Å². The number of ether oxygens (including phenoxy) is 1. The van der Waals surface area contributed by atoms with Gasteiger partial charge in [-0.05, 0) is 55.2 Å². The fourth-order valence-corrected chi connectivity index (χ4v) is 5.12. The number of halogens is 1. The van der Waals surface area contributed by atoms with Crippen molar-refractivity contribution in [3.05, 3.63) is 53.3 Å². The summed E-state index contributed by atoms with van der Waals surface area (Å²) < 4.78 is 19.1. The Balaban J connectivity index is 1.20. The Bertz CT molecular complexity index is 948. The van der Waals surface area contributed by atoms with Gasteiger partial charge in [0.2, 0.25) is 5.91 Å². The Morgan fingerprint density at radius 3 is 3.03 bits per heavy atom. The van der Waals surface area contributed by atoms with Gasteiger partial charge in [0.25, 0.3) is 0 Å². The zero-order valence-corrected chi connectivity index (χ0v) is 16.7. The molecule has 6 heteroatoms. The maximum absolute atomic E-state index is 13.2. The number of amides is 1. The Labute approximate surface area is 170 Å². The molecule has 3 heterocycles. The van der Waals surface area contributed by atoms with Crippen LogP contribution in [0.2, 0.25) is 0 Å². The number of para-hydroxylation sites is 1. The second-order valence-electron chi connectivity index (χ2n) is 8.29. The van der Waals surface area contributed by atoms with E-state index in [1.807, 2.05) is 13.0 Å². The SMILES string of the molecule is Cc1cc(F)ccc1OCCCN1CC[C@H]2[C@@H](C1)c1cccc3c1N2CC(=O)N3. The summed E-state index contributed by atoms with van der Waals surface area (Å²) in [5.41, 5.74) is 4.40. The summed E-state index contributed by atoms with van der Waals surface area (Å²) in [6.07, 6.45) is 2.01. The highest BCUT2D eigenvalue weighted by Gasteiger charge is 2.44. The van der Waals surface area contributed by atoms with Crippen LogP contribution >= 0.6 is 0 Å². The lowest BCUT2D eigenvalue weighted by molar-refractivity contribution is -0.115. The molecule has 29 heavy (non-hydrogen) atoms. The summed E-state index contributed by atoms with van der Waals surface area (Å²) in [6, 6.07) is 11.4. The van der Waals surface area contributed by atoms with Crippen molar-refractivity contribution in [2.45, 2.75) is 31.7 Å². The highest BCUT2D eigenvalue weighted by molar-refractivity contribution is 6.03. The summed E-state index contributed by atoms with van der Waals surface area (Å²) in [5.74, 6) is 1.07. The molecule has 1 fully saturated rings. The Morgan fingerprint density at radius 1 is 1.28 bits per heavy atom. The van der Waals surface area contributed by atoms with Crippen molar-refractivity contribution in [2.24, 2.45) is 0 Å². The third-order valence-corrected chi connectivity index (χ3v) is 6.42. The summed E-state index contributed by atoms with van der Waals surface area (Å²) in [6.45, 7) is 6.00. The molecule has 1 N–H and O–H groups in total. The largest absolute Gasteiger partial charge is 0.493 e. The van der Waals surface area contributed by atoms with E-state index < -0.39 is 0 Å². The van der Waals surface area contributed by atoms with Crippen molar-refractivity contribution < 1.29 is 13.9 Å². The molecule has 1 amide bonds. The zero-order chi connectivity index (χ0) is 20.0. The van der Waals surface area contributed by atoms with Gasteiger partial charge in [0.15, 0.2) is 0 Å². The van der Waals surface area contributed by atoms with Gasteiger partial charge < -0.3 is 19.9 Å². The number of hydrogen-bond acceptors (Lipinski definition) is 4. The smallest absolute Gasteiger partial charge is 0.243 e. The Kier molecular flexibility index (Phi) is 4.66. The lowest BCUT2D eigenvalue weighted by Gasteiger charge is -2.39. The van der Waals surface area contributed by atoms with Crippen LogP contribution in [0.5, 0.6) is 5.75 Å². The number of anilines is 2. The number of hydrogen-bond donors (Lipinski definition) is 1. The monoisotopic (exact) mass is 395 g/mol. The van der Waals surface area contributed by atoms with E-state index in [2.05, 4.69) is 27.2 Å². The average Bonchev–Trinajstić information content (AvgIpc) is 3.01. The van der Waals surface area contributed by atoms with E-state index in [0.29, 0.717) is 25.1 Å². The third kappa shape index (κ3) is 3.35. The number of likely N-dealkylation sites (tertiary alicyclic amines) is 1. The van der Waals surface area contributed by atoms with Gasteiger partial charge in [-0.3, -0.25) is 4.79 Å². The Hall–Kier alpha value is -2.60. The fourth-order valence-electron chi connectivity index (χ4n) is 5.12. The molecule has 0 bridgehead atoms. The van der Waals surface area contributed by atoms with Crippen molar-refractivity contribution in [3.8, 4) is 5.75 Å². The quantitative estimate of drug-likeness (QED) is 0.787. The fraction of sp³-hybridized carbons (Fsp3) is 0.435. The molecule has 5 nitrogen and oxygen atoms in total. The number of aryl methyl sites for hydroxylation is 1. The maximum Gasteiger partial charge on any atom is 0.243 e. The van der Waals surface area contributed by atoms with Crippen LogP contribution in [0.15, 0.2) is 36.4 Å². The topological polar surface area (TPSA) is 44.8 Å². The number of fused-ring (bicyclic) bond motifs is 3. The lowest BCUT2D eigenvalue weighted by atomic mass is 9.89. The average molecular weight is 395 g/mol. The van der Waals surface area contributed by atoms with E-state index in [0.717, 1.165) is 49.5 Å². The molecule has 0 aliphatic carbocycles. The number of nitrogens with zero attached hydrogens (tertiary/aromatic N) is 2. The van der Waals surface area contributed by atoms with Gasteiger partial charge in [-0.2, -0.15) is 0 Å². The van der Waals surface area contributed by atoms with Crippen LogP contribution in [-0.4, -0.2) is 49.6 Å². The van der Waals surface area contributed by atoms with Gasteiger partial charge in [-0.25, -0.2) is 4.39 Å². The van der Waals surface area contributed by atoms with Crippen LogP contribution < -0.4 is 15.0 Å². The molecule has 2 aromatic rings. The van der Waals surface area contributed by atoms with Gasteiger partial charge in [0, 0.05) is 31.6 Å². The summed E-state index contributed by atoms with van der Waals surface area (Å²) in [4.78, 5) is 16.9. The van der Waals surface area contributed by atoms with Crippen molar-refractivity contribution in [2.75, 3.05) is 43.0 Å². The van der Waals surface area contributed by atoms with E-state index in [9.17, 15) is 9.18 Å². The van der Waals surface area contributed by atoms with Crippen LogP contribution in [-0.2, 0) is 4.79 Å². The molecule has 0 spiro atoms. The molecule has 0 saturated carbocycles. The number of carbonyl (C=O) groups is 1. The molecule has 3 aliphatic rings. The molecule has 5 rings (SSSR count). The summed E-state index contributed by atoms with van der Waals surface area (Å²) >= 11 is 0.